The molecule has 0 radical (unpaired) electrons. The van der Waals surface area contributed by atoms with Crippen molar-refractivity contribution in [2.45, 2.75) is 13.5 Å². The van der Waals surface area contributed by atoms with Gasteiger partial charge < -0.3 is 15.0 Å². The summed E-state index contributed by atoms with van der Waals surface area (Å²) in [5.74, 6) is 0. The van der Waals surface area contributed by atoms with Gasteiger partial charge in [-0.25, -0.2) is 4.98 Å². The van der Waals surface area contributed by atoms with Gasteiger partial charge in [0.1, 0.15) is 0 Å². The molecule has 0 unspecified atom stereocenters. The van der Waals surface area contributed by atoms with E-state index in [1.54, 1.807) is 11.3 Å². The van der Waals surface area contributed by atoms with Crippen molar-refractivity contribution in [3.8, 4) is 0 Å². The van der Waals surface area contributed by atoms with Crippen molar-refractivity contribution in [2.24, 2.45) is 0 Å². The largest absolute Gasteiger partial charge is 0.380 e. The summed E-state index contributed by atoms with van der Waals surface area (Å²) >= 11 is 1.74. The van der Waals surface area contributed by atoms with E-state index >= 15 is 0 Å². The summed E-state index contributed by atoms with van der Waals surface area (Å²) in [5.41, 5.74) is 2.42. The van der Waals surface area contributed by atoms with Gasteiger partial charge in [-0.05, 0) is 31.2 Å². The van der Waals surface area contributed by atoms with Gasteiger partial charge in [0.2, 0.25) is 0 Å². The molecule has 20 heavy (non-hydrogen) atoms. The predicted molar refractivity (Wildman–Crippen MR) is 83.7 cm³/mol. The van der Waals surface area contributed by atoms with Gasteiger partial charge >= 0.3 is 0 Å². The summed E-state index contributed by atoms with van der Waals surface area (Å²) in [4.78, 5) is 7.89. The average molecular weight is 289 g/mol. The number of morpholine rings is 1. The monoisotopic (exact) mass is 289 g/mol. The Hall–Kier alpha value is -1.59. The van der Waals surface area contributed by atoms with Crippen LogP contribution in [0.3, 0.4) is 0 Å². The molecule has 0 bridgehead atoms. The Kier molecular flexibility index (Phi) is 4.18. The molecule has 1 saturated heterocycles. The second-order valence-corrected chi connectivity index (χ2v) is 6.16. The Morgan fingerprint density at radius 2 is 2.00 bits per heavy atom. The van der Waals surface area contributed by atoms with E-state index in [1.165, 1.54) is 10.6 Å². The molecule has 1 aromatic heterocycles. The highest BCUT2D eigenvalue weighted by molar-refractivity contribution is 7.11. The highest BCUT2D eigenvalue weighted by Gasteiger charge is 2.10. The van der Waals surface area contributed by atoms with Gasteiger partial charge in [-0.2, -0.15) is 0 Å². The van der Waals surface area contributed by atoms with Crippen LogP contribution in [0.4, 0.5) is 11.4 Å². The number of rotatable bonds is 4. The van der Waals surface area contributed by atoms with Crippen LogP contribution in [-0.2, 0) is 11.3 Å². The molecule has 106 valence electrons. The third-order valence-corrected chi connectivity index (χ3v) is 4.29. The summed E-state index contributed by atoms with van der Waals surface area (Å²) in [7, 11) is 0. The maximum Gasteiger partial charge on any atom is 0.0897 e. The number of aromatic nitrogens is 1. The molecule has 1 aliphatic rings. The van der Waals surface area contributed by atoms with Crippen LogP contribution in [0.5, 0.6) is 0 Å². The van der Waals surface area contributed by atoms with Gasteiger partial charge in [0.25, 0.3) is 0 Å². The Labute approximate surface area is 123 Å². The van der Waals surface area contributed by atoms with Crippen LogP contribution in [0.2, 0.25) is 0 Å². The van der Waals surface area contributed by atoms with Crippen molar-refractivity contribution in [1.82, 2.24) is 4.98 Å². The number of nitrogens with one attached hydrogen (secondary N) is 1. The summed E-state index contributed by atoms with van der Waals surface area (Å²) in [6, 6.07) is 8.62. The molecule has 0 spiro atoms. The smallest absolute Gasteiger partial charge is 0.0897 e. The number of anilines is 2. The molecular weight excluding hydrogens is 270 g/mol. The Balaban J connectivity index is 1.58. The molecule has 5 heteroatoms. The molecule has 4 nitrogen and oxygen atoms in total. The average Bonchev–Trinajstić information content (AvgIpc) is 2.92. The lowest BCUT2D eigenvalue weighted by molar-refractivity contribution is 0.122. The summed E-state index contributed by atoms with van der Waals surface area (Å²) in [5, 5.41) is 4.55. The topological polar surface area (TPSA) is 37.4 Å². The molecular formula is C15H19N3OS. The second kappa shape index (κ2) is 6.24. The van der Waals surface area contributed by atoms with Crippen molar-refractivity contribution >= 4 is 22.7 Å². The van der Waals surface area contributed by atoms with Crippen LogP contribution in [0, 0.1) is 6.92 Å². The molecule has 0 aliphatic carbocycles. The van der Waals surface area contributed by atoms with E-state index in [9.17, 15) is 0 Å². The zero-order valence-corrected chi connectivity index (χ0v) is 12.4. The predicted octanol–water partition coefficient (Wildman–Crippen LogP) is 2.90. The zero-order chi connectivity index (χ0) is 13.8. The highest BCUT2D eigenvalue weighted by Crippen LogP contribution is 2.20. The van der Waals surface area contributed by atoms with E-state index in [1.807, 2.05) is 13.1 Å². The number of ether oxygens (including phenoxy) is 1. The first-order chi connectivity index (χ1) is 9.81. The van der Waals surface area contributed by atoms with Crippen molar-refractivity contribution in [3.63, 3.8) is 0 Å². The molecule has 1 aliphatic heterocycles. The van der Waals surface area contributed by atoms with E-state index in [4.69, 9.17) is 4.74 Å². The van der Waals surface area contributed by atoms with Gasteiger partial charge in [-0.1, -0.05) is 0 Å². The number of benzene rings is 1. The Bertz CT molecular complexity index is 547. The molecule has 2 aromatic rings. The molecule has 0 atom stereocenters. The fraction of sp³-hybridized carbons (Fsp3) is 0.400. The van der Waals surface area contributed by atoms with Crippen LogP contribution >= 0.6 is 11.3 Å². The van der Waals surface area contributed by atoms with Crippen LogP contribution in [0.1, 0.15) is 9.88 Å². The van der Waals surface area contributed by atoms with E-state index in [2.05, 4.69) is 39.5 Å². The highest BCUT2D eigenvalue weighted by atomic mass is 32.1. The van der Waals surface area contributed by atoms with Gasteiger partial charge in [0, 0.05) is 35.5 Å². The lowest BCUT2D eigenvalue weighted by Crippen LogP contribution is -2.36. The van der Waals surface area contributed by atoms with Gasteiger partial charge in [-0.3, -0.25) is 0 Å². The lowest BCUT2D eigenvalue weighted by atomic mass is 10.2. The van der Waals surface area contributed by atoms with Crippen LogP contribution in [-0.4, -0.2) is 31.3 Å². The minimum Gasteiger partial charge on any atom is -0.380 e. The van der Waals surface area contributed by atoms with Gasteiger partial charge in [0.05, 0.1) is 24.8 Å². The van der Waals surface area contributed by atoms with Crippen LogP contribution < -0.4 is 10.2 Å². The fourth-order valence-electron chi connectivity index (χ4n) is 2.29. The van der Waals surface area contributed by atoms with Crippen molar-refractivity contribution in [2.75, 3.05) is 36.5 Å². The molecule has 0 saturated carbocycles. The van der Waals surface area contributed by atoms with E-state index in [0.717, 1.165) is 43.5 Å². The number of thiazole rings is 1. The maximum atomic E-state index is 5.38. The minimum atomic E-state index is 0.824. The molecule has 1 N–H and O–H groups in total. The lowest BCUT2D eigenvalue weighted by Gasteiger charge is -2.28. The number of hydrogen-bond acceptors (Lipinski definition) is 5. The van der Waals surface area contributed by atoms with Gasteiger partial charge in [-0.15, -0.1) is 11.3 Å². The maximum absolute atomic E-state index is 5.38. The molecule has 1 aromatic carbocycles. The standard InChI is InChI=1S/C15H19N3OS/c1-12-16-10-15(20-12)11-17-13-2-4-14(5-3-13)18-6-8-19-9-7-18/h2-5,10,17H,6-9,11H2,1H3. The number of hydrogen-bond donors (Lipinski definition) is 1. The first-order valence-electron chi connectivity index (χ1n) is 6.89. The molecule has 0 amide bonds. The summed E-state index contributed by atoms with van der Waals surface area (Å²) < 4.78 is 5.38. The molecule has 1 fully saturated rings. The van der Waals surface area contributed by atoms with Crippen LogP contribution in [0.25, 0.3) is 0 Å². The molecule has 2 heterocycles. The van der Waals surface area contributed by atoms with Gasteiger partial charge in [0.15, 0.2) is 0 Å². The minimum absolute atomic E-state index is 0.824. The Morgan fingerprint density at radius 3 is 2.65 bits per heavy atom. The van der Waals surface area contributed by atoms with Crippen LogP contribution in [0.15, 0.2) is 30.5 Å². The van der Waals surface area contributed by atoms with Crippen molar-refractivity contribution in [1.29, 1.82) is 0 Å². The van der Waals surface area contributed by atoms with E-state index < -0.39 is 0 Å². The quantitative estimate of drug-likeness (QED) is 0.939. The summed E-state index contributed by atoms with van der Waals surface area (Å²) in [6.45, 7) is 6.48. The van der Waals surface area contributed by atoms with Crippen molar-refractivity contribution in [3.05, 3.63) is 40.3 Å². The third kappa shape index (κ3) is 3.29. The third-order valence-electron chi connectivity index (χ3n) is 3.38. The number of nitrogens with zero attached hydrogens (tertiary/aromatic N) is 2. The Morgan fingerprint density at radius 1 is 1.25 bits per heavy atom. The van der Waals surface area contributed by atoms with Crippen molar-refractivity contribution < 1.29 is 4.74 Å². The second-order valence-electron chi connectivity index (χ2n) is 4.85. The molecule has 3 rings (SSSR count). The first kappa shape index (κ1) is 13.4. The zero-order valence-electron chi connectivity index (χ0n) is 11.6. The SMILES string of the molecule is Cc1ncc(CNc2ccc(N3CCOCC3)cc2)s1. The van der Waals surface area contributed by atoms with E-state index in [0.29, 0.717) is 0 Å². The number of aryl methyl sites for hydroxylation is 1. The normalized spacial score (nSPS) is 15.3. The summed E-state index contributed by atoms with van der Waals surface area (Å²) in [6.07, 6.45) is 1.94. The van der Waals surface area contributed by atoms with E-state index in [-0.39, 0.29) is 0 Å². The first-order valence-corrected chi connectivity index (χ1v) is 7.71. The fourth-order valence-corrected chi connectivity index (χ4v) is 3.02.